The van der Waals surface area contributed by atoms with Crippen molar-refractivity contribution < 1.29 is 4.79 Å². The lowest BCUT2D eigenvalue weighted by Gasteiger charge is -2.04. The standard InChI is InChI=1S/C16H25OS/c1-4-6-7-16(17)15-10-8-14(9-11-15)13-18(3)12-5-2/h8-11H,4-7,12-13H2,1-3H3/q+1. The van der Waals surface area contributed by atoms with Gasteiger partial charge in [0.2, 0.25) is 0 Å². The normalized spacial score (nSPS) is 12.4. The number of benzene rings is 1. The molecule has 0 aliphatic rings. The molecule has 0 N–H and O–H groups in total. The zero-order valence-electron chi connectivity index (χ0n) is 11.9. The van der Waals surface area contributed by atoms with Gasteiger partial charge in [-0.25, -0.2) is 0 Å². The van der Waals surface area contributed by atoms with Crippen molar-refractivity contribution in [1.82, 2.24) is 0 Å². The van der Waals surface area contributed by atoms with Crippen LogP contribution in [0.15, 0.2) is 24.3 Å². The van der Waals surface area contributed by atoms with Crippen LogP contribution in [0.25, 0.3) is 0 Å². The third-order valence-electron chi connectivity index (χ3n) is 3.00. The van der Waals surface area contributed by atoms with Crippen molar-refractivity contribution in [2.75, 3.05) is 12.0 Å². The Bertz CT molecular complexity index is 356. The maximum absolute atomic E-state index is 11.8. The van der Waals surface area contributed by atoms with Gasteiger partial charge in [0.1, 0.15) is 11.5 Å². The molecule has 1 aromatic rings. The molecular formula is C16H25OS+. The van der Waals surface area contributed by atoms with Gasteiger partial charge in [0.15, 0.2) is 5.78 Å². The van der Waals surface area contributed by atoms with Crippen LogP contribution < -0.4 is 0 Å². The fourth-order valence-corrected chi connectivity index (χ4v) is 3.58. The lowest BCUT2D eigenvalue weighted by molar-refractivity contribution is 0.0980. The Kier molecular flexibility index (Phi) is 7.11. The zero-order chi connectivity index (χ0) is 13.4. The van der Waals surface area contributed by atoms with Crippen LogP contribution in [-0.4, -0.2) is 17.8 Å². The molecule has 1 aromatic carbocycles. The summed E-state index contributed by atoms with van der Waals surface area (Å²) in [6.07, 6.45) is 6.34. The highest BCUT2D eigenvalue weighted by Crippen LogP contribution is 2.12. The number of ketones is 1. The van der Waals surface area contributed by atoms with Crippen LogP contribution in [0.4, 0.5) is 0 Å². The molecule has 1 nitrogen and oxygen atoms in total. The second-order valence-electron chi connectivity index (χ2n) is 4.85. The van der Waals surface area contributed by atoms with E-state index in [-0.39, 0.29) is 5.78 Å². The number of hydrogen-bond acceptors (Lipinski definition) is 1. The molecule has 0 spiro atoms. The maximum atomic E-state index is 11.8. The summed E-state index contributed by atoms with van der Waals surface area (Å²) in [6.45, 7) is 4.35. The van der Waals surface area contributed by atoms with Crippen LogP contribution in [0, 0.1) is 0 Å². The van der Waals surface area contributed by atoms with E-state index in [1.807, 2.05) is 12.1 Å². The topological polar surface area (TPSA) is 17.1 Å². The van der Waals surface area contributed by atoms with Crippen molar-refractivity contribution in [1.29, 1.82) is 0 Å². The number of hydrogen-bond donors (Lipinski definition) is 0. The zero-order valence-corrected chi connectivity index (χ0v) is 12.7. The third kappa shape index (κ3) is 5.26. The quantitative estimate of drug-likeness (QED) is 0.508. The molecule has 0 fully saturated rings. The van der Waals surface area contributed by atoms with Gasteiger partial charge in [0.25, 0.3) is 0 Å². The Morgan fingerprint density at radius 3 is 2.33 bits per heavy atom. The average molecular weight is 265 g/mol. The summed E-state index contributed by atoms with van der Waals surface area (Å²) < 4.78 is 0. The van der Waals surface area contributed by atoms with Gasteiger partial charge in [-0.2, -0.15) is 0 Å². The second kappa shape index (κ2) is 8.36. The molecule has 0 aromatic heterocycles. The molecule has 0 aliphatic heterocycles. The lowest BCUT2D eigenvalue weighted by Crippen LogP contribution is -2.07. The molecule has 0 saturated carbocycles. The van der Waals surface area contributed by atoms with Crippen LogP contribution in [0.3, 0.4) is 0 Å². The molecular weight excluding hydrogens is 240 g/mol. The minimum atomic E-state index is 0.285. The number of Topliss-reactive ketones (excluding diaryl/α,β-unsaturated/α-hetero) is 1. The Morgan fingerprint density at radius 2 is 1.78 bits per heavy atom. The molecule has 1 atom stereocenters. The second-order valence-corrected chi connectivity index (χ2v) is 7.11. The van der Waals surface area contributed by atoms with Crippen molar-refractivity contribution in [3.8, 4) is 0 Å². The minimum Gasteiger partial charge on any atom is -0.294 e. The number of carbonyl (C=O) groups excluding carboxylic acids is 1. The highest BCUT2D eigenvalue weighted by atomic mass is 32.2. The Hall–Kier alpha value is -0.760. The molecule has 0 bridgehead atoms. The van der Waals surface area contributed by atoms with Gasteiger partial charge in [-0.05, 0) is 23.7 Å². The van der Waals surface area contributed by atoms with Gasteiger partial charge in [0.05, 0.1) is 6.26 Å². The molecule has 1 rings (SSSR count). The molecule has 2 heteroatoms. The van der Waals surface area contributed by atoms with E-state index in [1.54, 1.807) is 0 Å². The van der Waals surface area contributed by atoms with E-state index in [0.717, 1.165) is 24.2 Å². The van der Waals surface area contributed by atoms with E-state index >= 15 is 0 Å². The summed E-state index contributed by atoms with van der Waals surface area (Å²) in [4.78, 5) is 11.8. The summed E-state index contributed by atoms with van der Waals surface area (Å²) >= 11 is 0. The summed E-state index contributed by atoms with van der Waals surface area (Å²) in [5.74, 6) is 2.74. The first-order chi connectivity index (χ1) is 8.67. The maximum Gasteiger partial charge on any atom is 0.162 e. The van der Waals surface area contributed by atoms with Gasteiger partial charge in [-0.15, -0.1) is 0 Å². The van der Waals surface area contributed by atoms with E-state index in [9.17, 15) is 4.79 Å². The van der Waals surface area contributed by atoms with Gasteiger partial charge < -0.3 is 0 Å². The smallest absolute Gasteiger partial charge is 0.162 e. The fraction of sp³-hybridized carbons (Fsp3) is 0.562. The highest BCUT2D eigenvalue weighted by Gasteiger charge is 2.11. The summed E-state index contributed by atoms with van der Waals surface area (Å²) in [5.41, 5.74) is 2.24. The molecule has 0 amide bonds. The molecule has 18 heavy (non-hydrogen) atoms. The van der Waals surface area contributed by atoms with E-state index in [4.69, 9.17) is 0 Å². The van der Waals surface area contributed by atoms with Crippen molar-refractivity contribution in [3.63, 3.8) is 0 Å². The van der Waals surface area contributed by atoms with Gasteiger partial charge in [-0.3, -0.25) is 4.79 Å². The van der Waals surface area contributed by atoms with Crippen LogP contribution in [0.5, 0.6) is 0 Å². The molecule has 0 heterocycles. The van der Waals surface area contributed by atoms with Crippen molar-refractivity contribution in [2.24, 2.45) is 0 Å². The van der Waals surface area contributed by atoms with E-state index in [2.05, 4.69) is 32.2 Å². The molecule has 0 aliphatic carbocycles. The van der Waals surface area contributed by atoms with Crippen LogP contribution in [-0.2, 0) is 16.6 Å². The van der Waals surface area contributed by atoms with Crippen LogP contribution in [0.2, 0.25) is 0 Å². The summed E-state index contributed by atoms with van der Waals surface area (Å²) in [6, 6.07) is 8.24. The van der Waals surface area contributed by atoms with Crippen LogP contribution in [0.1, 0.15) is 55.5 Å². The molecule has 100 valence electrons. The van der Waals surface area contributed by atoms with Crippen molar-refractivity contribution >= 4 is 16.7 Å². The minimum absolute atomic E-state index is 0.285. The number of rotatable bonds is 8. The SMILES string of the molecule is CCCCC(=O)c1ccc(C[S+](C)CCC)cc1. The van der Waals surface area contributed by atoms with E-state index < -0.39 is 0 Å². The lowest BCUT2D eigenvalue weighted by atomic mass is 10.0. The first-order valence-electron chi connectivity index (χ1n) is 6.88. The predicted molar refractivity (Wildman–Crippen MR) is 82.4 cm³/mol. The van der Waals surface area contributed by atoms with Crippen molar-refractivity contribution in [2.45, 2.75) is 45.3 Å². The number of carbonyl (C=O) groups is 1. The van der Waals surface area contributed by atoms with E-state index in [0.29, 0.717) is 17.3 Å². The molecule has 0 saturated heterocycles. The first kappa shape index (κ1) is 15.3. The summed E-state index contributed by atoms with van der Waals surface area (Å²) in [7, 11) is 0.472. The first-order valence-corrected chi connectivity index (χ1v) is 8.85. The van der Waals surface area contributed by atoms with Crippen LogP contribution >= 0.6 is 0 Å². The highest BCUT2D eigenvalue weighted by molar-refractivity contribution is 7.95. The molecule has 0 radical (unpaired) electrons. The average Bonchev–Trinajstić information content (AvgIpc) is 2.37. The van der Waals surface area contributed by atoms with E-state index in [1.165, 1.54) is 17.7 Å². The number of unbranched alkanes of at least 4 members (excludes halogenated alkanes) is 1. The third-order valence-corrected chi connectivity index (χ3v) is 4.93. The summed E-state index contributed by atoms with van der Waals surface area (Å²) in [5, 5.41) is 0. The Morgan fingerprint density at radius 1 is 1.11 bits per heavy atom. The molecule has 1 unspecified atom stereocenters. The fourth-order valence-electron chi connectivity index (χ4n) is 1.97. The predicted octanol–water partition coefficient (Wildman–Crippen LogP) is 4.22. The Balaban J connectivity index is 2.54. The van der Waals surface area contributed by atoms with Gasteiger partial charge in [-0.1, -0.05) is 44.5 Å². The van der Waals surface area contributed by atoms with Crippen molar-refractivity contribution in [3.05, 3.63) is 35.4 Å². The van der Waals surface area contributed by atoms with Gasteiger partial charge in [0, 0.05) is 17.5 Å². The monoisotopic (exact) mass is 265 g/mol. The van der Waals surface area contributed by atoms with Gasteiger partial charge >= 0.3 is 0 Å². The Labute approximate surface area is 114 Å². The largest absolute Gasteiger partial charge is 0.294 e.